The molecule has 3 amide bonds. The maximum Gasteiger partial charge on any atom is 0.414 e. The zero-order valence-electron chi connectivity index (χ0n) is 19.7. The second-order valence-corrected chi connectivity index (χ2v) is 8.89. The van der Waals surface area contributed by atoms with E-state index in [1.807, 2.05) is 30.3 Å². The summed E-state index contributed by atoms with van der Waals surface area (Å²) in [6.45, 7) is 3.35. The normalized spacial score (nSPS) is 18.5. The highest BCUT2D eigenvalue weighted by atomic mass is 19.1. The van der Waals surface area contributed by atoms with Crippen LogP contribution in [-0.4, -0.2) is 61.7 Å². The second kappa shape index (κ2) is 11.3. The maximum absolute atomic E-state index is 15.0. The molecular formula is C26H30FN3O5. The molecule has 2 aliphatic rings. The summed E-state index contributed by atoms with van der Waals surface area (Å²) in [5, 5.41) is 2.62. The molecule has 0 aliphatic carbocycles. The van der Waals surface area contributed by atoms with Crippen molar-refractivity contribution in [2.75, 3.05) is 37.7 Å². The molecule has 0 bridgehead atoms. The Kier molecular flexibility index (Phi) is 7.97. The van der Waals surface area contributed by atoms with Crippen molar-refractivity contribution in [3.63, 3.8) is 0 Å². The lowest BCUT2D eigenvalue weighted by atomic mass is 9.89. The summed E-state index contributed by atoms with van der Waals surface area (Å²) in [6.07, 6.45) is 0.276. The van der Waals surface area contributed by atoms with Gasteiger partial charge in [-0.25, -0.2) is 9.18 Å². The standard InChI is InChI=1S/C26H30FN3O5/c1-18(31)28-14-22-15-30(26(33)35-22)21-7-8-23(24(27)13-21)20-9-11-29(12-10-20)25(32)17-34-16-19-5-3-2-4-6-19/h2-8,13,20,22H,9-12,14-17H2,1H3,(H,28,31). The summed E-state index contributed by atoms with van der Waals surface area (Å²) in [5.74, 6) is -0.646. The van der Waals surface area contributed by atoms with Crippen LogP contribution in [0.1, 0.15) is 36.8 Å². The number of hydrogen-bond donors (Lipinski definition) is 1. The third-order valence-electron chi connectivity index (χ3n) is 6.37. The first-order valence-corrected chi connectivity index (χ1v) is 11.8. The summed E-state index contributed by atoms with van der Waals surface area (Å²) in [6, 6.07) is 14.5. The van der Waals surface area contributed by atoms with E-state index < -0.39 is 12.2 Å². The van der Waals surface area contributed by atoms with Gasteiger partial charge in [-0.15, -0.1) is 0 Å². The number of carbonyl (C=O) groups excluding carboxylic acids is 3. The van der Waals surface area contributed by atoms with Crippen LogP contribution in [0.5, 0.6) is 0 Å². The number of ether oxygens (including phenoxy) is 2. The number of carbonyl (C=O) groups is 3. The van der Waals surface area contributed by atoms with E-state index in [0.29, 0.717) is 43.8 Å². The van der Waals surface area contributed by atoms with Gasteiger partial charge in [0.1, 0.15) is 18.5 Å². The minimum atomic E-state index is -0.561. The van der Waals surface area contributed by atoms with Gasteiger partial charge in [-0.05, 0) is 42.0 Å². The maximum atomic E-state index is 15.0. The highest BCUT2D eigenvalue weighted by molar-refractivity contribution is 5.89. The summed E-state index contributed by atoms with van der Waals surface area (Å²) >= 11 is 0. The smallest absolute Gasteiger partial charge is 0.414 e. The molecule has 0 saturated carbocycles. The van der Waals surface area contributed by atoms with Crippen LogP contribution in [0.4, 0.5) is 14.9 Å². The number of piperidine rings is 1. The van der Waals surface area contributed by atoms with Crippen LogP contribution in [0.15, 0.2) is 48.5 Å². The minimum Gasteiger partial charge on any atom is -0.442 e. The summed E-state index contributed by atoms with van der Waals surface area (Å²) in [4.78, 5) is 38.9. The summed E-state index contributed by atoms with van der Waals surface area (Å²) in [5.41, 5.74) is 2.02. The van der Waals surface area contributed by atoms with E-state index in [9.17, 15) is 14.4 Å². The molecule has 8 nitrogen and oxygen atoms in total. The Balaban J connectivity index is 1.27. The van der Waals surface area contributed by atoms with Gasteiger partial charge in [-0.3, -0.25) is 14.5 Å². The van der Waals surface area contributed by atoms with Crippen molar-refractivity contribution in [3.05, 3.63) is 65.5 Å². The predicted molar refractivity (Wildman–Crippen MR) is 127 cm³/mol. The number of nitrogens with zero attached hydrogens (tertiary/aromatic N) is 2. The van der Waals surface area contributed by atoms with Crippen molar-refractivity contribution in [1.82, 2.24) is 10.2 Å². The van der Waals surface area contributed by atoms with E-state index in [0.717, 1.165) is 5.56 Å². The first-order valence-electron chi connectivity index (χ1n) is 11.8. The molecule has 1 unspecified atom stereocenters. The number of halogens is 1. The van der Waals surface area contributed by atoms with Crippen molar-refractivity contribution in [2.45, 2.75) is 38.4 Å². The quantitative estimate of drug-likeness (QED) is 0.623. The molecule has 4 rings (SSSR count). The molecule has 0 spiro atoms. The van der Waals surface area contributed by atoms with Crippen molar-refractivity contribution < 1.29 is 28.2 Å². The van der Waals surface area contributed by atoms with Gasteiger partial charge < -0.3 is 19.7 Å². The zero-order valence-corrected chi connectivity index (χ0v) is 19.7. The SMILES string of the molecule is CC(=O)NCC1CN(c2ccc(C3CCN(C(=O)COCc4ccccc4)CC3)c(F)c2)C(=O)O1. The van der Waals surface area contributed by atoms with E-state index in [-0.39, 0.29) is 43.2 Å². The highest BCUT2D eigenvalue weighted by Crippen LogP contribution is 2.32. The number of nitrogens with one attached hydrogen (secondary N) is 1. The topological polar surface area (TPSA) is 88.2 Å². The van der Waals surface area contributed by atoms with E-state index in [1.54, 1.807) is 17.0 Å². The van der Waals surface area contributed by atoms with Crippen LogP contribution in [-0.2, 0) is 25.7 Å². The average molecular weight is 484 g/mol. The fourth-order valence-corrected chi connectivity index (χ4v) is 4.47. The minimum absolute atomic E-state index is 0.00335. The van der Waals surface area contributed by atoms with E-state index in [4.69, 9.17) is 9.47 Å². The molecule has 1 atom stereocenters. The molecular weight excluding hydrogens is 453 g/mol. The van der Waals surface area contributed by atoms with Gasteiger partial charge in [-0.2, -0.15) is 0 Å². The largest absolute Gasteiger partial charge is 0.442 e. The van der Waals surface area contributed by atoms with Gasteiger partial charge in [0.05, 0.1) is 25.4 Å². The monoisotopic (exact) mass is 483 g/mol. The molecule has 9 heteroatoms. The van der Waals surface area contributed by atoms with Crippen LogP contribution in [0.3, 0.4) is 0 Å². The first kappa shape index (κ1) is 24.7. The molecule has 2 saturated heterocycles. The molecule has 2 aromatic rings. The Morgan fingerprint density at radius 2 is 1.89 bits per heavy atom. The third-order valence-corrected chi connectivity index (χ3v) is 6.37. The molecule has 0 aromatic heterocycles. The van der Waals surface area contributed by atoms with Crippen molar-refractivity contribution >= 4 is 23.6 Å². The fraction of sp³-hybridized carbons (Fsp3) is 0.423. The number of hydrogen-bond acceptors (Lipinski definition) is 5. The molecule has 2 aromatic carbocycles. The molecule has 2 fully saturated rings. The lowest BCUT2D eigenvalue weighted by molar-refractivity contribution is -0.137. The summed E-state index contributed by atoms with van der Waals surface area (Å²) in [7, 11) is 0. The Labute approximate surface area is 204 Å². The van der Waals surface area contributed by atoms with Gasteiger partial charge in [0.25, 0.3) is 0 Å². The Morgan fingerprint density at radius 3 is 2.57 bits per heavy atom. The van der Waals surface area contributed by atoms with E-state index >= 15 is 4.39 Å². The van der Waals surface area contributed by atoms with Crippen molar-refractivity contribution in [3.8, 4) is 0 Å². The van der Waals surface area contributed by atoms with E-state index in [1.165, 1.54) is 17.9 Å². The van der Waals surface area contributed by atoms with Crippen LogP contribution in [0, 0.1) is 5.82 Å². The molecule has 0 radical (unpaired) electrons. The number of anilines is 1. The molecule has 2 heterocycles. The predicted octanol–water partition coefficient (Wildman–Crippen LogP) is 3.21. The lowest BCUT2D eigenvalue weighted by Crippen LogP contribution is -2.40. The highest BCUT2D eigenvalue weighted by Gasteiger charge is 2.33. The number of cyclic esters (lactones) is 1. The number of benzene rings is 2. The van der Waals surface area contributed by atoms with Crippen LogP contribution < -0.4 is 10.2 Å². The van der Waals surface area contributed by atoms with Gasteiger partial charge >= 0.3 is 6.09 Å². The van der Waals surface area contributed by atoms with Gasteiger partial charge in [0.15, 0.2) is 0 Å². The number of amides is 3. The lowest BCUT2D eigenvalue weighted by Gasteiger charge is -2.32. The molecule has 1 N–H and O–H groups in total. The van der Waals surface area contributed by atoms with Gasteiger partial charge in [0, 0.05) is 20.0 Å². The molecule has 35 heavy (non-hydrogen) atoms. The zero-order chi connectivity index (χ0) is 24.8. The number of rotatable bonds is 8. The van der Waals surface area contributed by atoms with Gasteiger partial charge in [-0.1, -0.05) is 36.4 Å². The fourth-order valence-electron chi connectivity index (χ4n) is 4.47. The van der Waals surface area contributed by atoms with Gasteiger partial charge in [0.2, 0.25) is 11.8 Å². The second-order valence-electron chi connectivity index (χ2n) is 8.89. The first-order chi connectivity index (χ1) is 16.9. The Hall–Kier alpha value is -3.46. The van der Waals surface area contributed by atoms with Crippen molar-refractivity contribution in [1.29, 1.82) is 0 Å². The average Bonchev–Trinajstić information content (AvgIpc) is 3.24. The Morgan fingerprint density at radius 1 is 1.14 bits per heavy atom. The van der Waals surface area contributed by atoms with Crippen LogP contribution in [0.25, 0.3) is 0 Å². The molecule has 2 aliphatic heterocycles. The van der Waals surface area contributed by atoms with E-state index in [2.05, 4.69) is 5.32 Å². The Bertz CT molecular complexity index is 1060. The molecule has 186 valence electrons. The van der Waals surface area contributed by atoms with Crippen LogP contribution in [0.2, 0.25) is 0 Å². The number of likely N-dealkylation sites (tertiary alicyclic amines) is 1. The third kappa shape index (κ3) is 6.36. The van der Waals surface area contributed by atoms with Crippen molar-refractivity contribution in [2.24, 2.45) is 0 Å². The summed E-state index contributed by atoms with van der Waals surface area (Å²) < 4.78 is 25.8. The van der Waals surface area contributed by atoms with Crippen LogP contribution >= 0.6 is 0 Å².